The number of hydrogen-bond donors (Lipinski definition) is 1. The first-order valence-electron chi connectivity index (χ1n) is 9.14. The Labute approximate surface area is 178 Å². The van der Waals surface area contributed by atoms with Crippen LogP contribution in [0.1, 0.15) is 5.56 Å². The Morgan fingerprint density at radius 1 is 1.00 bits per heavy atom. The van der Waals surface area contributed by atoms with E-state index in [4.69, 9.17) is 31.0 Å². The van der Waals surface area contributed by atoms with Gasteiger partial charge >= 0.3 is 0 Å². The first kappa shape index (κ1) is 19.5. The van der Waals surface area contributed by atoms with E-state index in [1.165, 1.54) is 11.3 Å². The average molecular weight is 426 g/mol. The van der Waals surface area contributed by atoms with Gasteiger partial charge in [-0.3, -0.25) is 0 Å². The van der Waals surface area contributed by atoms with Gasteiger partial charge in [-0.15, -0.1) is 11.3 Å². The molecule has 0 aliphatic carbocycles. The zero-order valence-corrected chi connectivity index (χ0v) is 17.7. The van der Waals surface area contributed by atoms with Gasteiger partial charge in [-0.05, 0) is 47.7 Å². The second-order valence-corrected chi connectivity index (χ2v) is 7.70. The van der Waals surface area contributed by atoms with E-state index >= 15 is 0 Å². The zero-order chi connectivity index (χ0) is 20.2. The lowest BCUT2D eigenvalue weighted by Crippen LogP contribution is -2.08. The highest BCUT2D eigenvalue weighted by Gasteiger charge is 2.13. The maximum atomic E-state index is 6.30. The number of nitrogens with one attached hydrogen (secondary N) is 1. The Morgan fingerprint density at radius 2 is 1.83 bits per heavy atom. The van der Waals surface area contributed by atoms with Crippen LogP contribution in [0.25, 0.3) is 21.6 Å². The van der Waals surface area contributed by atoms with E-state index < -0.39 is 0 Å². The number of para-hydroxylation sites is 1. The van der Waals surface area contributed by atoms with Crippen LogP contribution in [0.15, 0.2) is 53.9 Å². The molecule has 0 radical (unpaired) electrons. The standard InChI is InChI=1S/C22H20ClN3O2S/c1-27-18-8-7-14(13-19(18)28-2)9-11-24-21-15-5-3-4-6-17(15)25-22(26-21)20-16(23)10-12-29-20/h3-8,10,12-13H,9,11H2,1-2H3,(H,24,25,26). The highest BCUT2D eigenvalue weighted by Crippen LogP contribution is 2.33. The van der Waals surface area contributed by atoms with Crippen LogP contribution < -0.4 is 14.8 Å². The fraction of sp³-hybridized carbons (Fsp3) is 0.182. The highest BCUT2D eigenvalue weighted by atomic mass is 35.5. The van der Waals surface area contributed by atoms with Gasteiger partial charge in [0, 0.05) is 11.9 Å². The number of nitrogens with zero attached hydrogens (tertiary/aromatic N) is 2. The third-order valence-electron chi connectivity index (χ3n) is 4.58. The molecule has 2 aromatic carbocycles. The predicted molar refractivity (Wildman–Crippen MR) is 120 cm³/mol. The molecule has 148 valence electrons. The second kappa shape index (κ2) is 8.68. The molecule has 2 heterocycles. The summed E-state index contributed by atoms with van der Waals surface area (Å²) in [6.45, 7) is 0.716. The Balaban J connectivity index is 1.58. The van der Waals surface area contributed by atoms with Crippen molar-refractivity contribution >= 4 is 39.7 Å². The van der Waals surface area contributed by atoms with Crippen LogP contribution >= 0.6 is 22.9 Å². The molecule has 4 rings (SSSR count). The largest absolute Gasteiger partial charge is 0.493 e. The zero-order valence-electron chi connectivity index (χ0n) is 16.1. The van der Waals surface area contributed by atoms with Crippen molar-refractivity contribution in [2.75, 3.05) is 26.1 Å². The molecule has 0 unspecified atom stereocenters. The molecule has 2 aromatic heterocycles. The van der Waals surface area contributed by atoms with Crippen LogP contribution in [0.2, 0.25) is 5.02 Å². The van der Waals surface area contributed by atoms with Gasteiger partial charge < -0.3 is 14.8 Å². The summed E-state index contributed by atoms with van der Waals surface area (Å²) < 4.78 is 10.7. The Morgan fingerprint density at radius 3 is 2.59 bits per heavy atom. The molecule has 0 aliphatic heterocycles. The van der Waals surface area contributed by atoms with Gasteiger partial charge in [-0.1, -0.05) is 29.8 Å². The van der Waals surface area contributed by atoms with Crippen molar-refractivity contribution in [1.82, 2.24) is 9.97 Å². The molecular formula is C22H20ClN3O2S. The number of rotatable bonds is 7. The molecule has 29 heavy (non-hydrogen) atoms. The third-order valence-corrected chi connectivity index (χ3v) is 5.91. The van der Waals surface area contributed by atoms with Crippen LogP contribution in [0.4, 0.5) is 5.82 Å². The number of hydrogen-bond acceptors (Lipinski definition) is 6. The van der Waals surface area contributed by atoms with Gasteiger partial charge in [0.2, 0.25) is 0 Å². The minimum absolute atomic E-state index is 0.636. The van der Waals surface area contributed by atoms with Crippen molar-refractivity contribution in [3.05, 3.63) is 64.5 Å². The van der Waals surface area contributed by atoms with Crippen LogP contribution in [0.3, 0.4) is 0 Å². The fourth-order valence-corrected chi connectivity index (χ4v) is 4.20. The summed E-state index contributed by atoms with van der Waals surface area (Å²) in [6.07, 6.45) is 0.813. The van der Waals surface area contributed by atoms with Gasteiger partial charge in [0.15, 0.2) is 17.3 Å². The molecule has 0 atom stereocenters. The molecule has 0 aliphatic rings. The summed E-state index contributed by atoms with van der Waals surface area (Å²) in [7, 11) is 3.28. The molecule has 4 aromatic rings. The quantitative estimate of drug-likeness (QED) is 0.412. The molecule has 0 saturated heterocycles. The highest BCUT2D eigenvalue weighted by molar-refractivity contribution is 7.14. The number of benzene rings is 2. The fourth-order valence-electron chi connectivity index (χ4n) is 3.13. The average Bonchev–Trinajstić information content (AvgIpc) is 3.19. The number of thiophene rings is 1. The lowest BCUT2D eigenvalue weighted by Gasteiger charge is -2.12. The SMILES string of the molecule is COc1ccc(CCNc2nc(-c3sccc3Cl)nc3ccccc23)cc1OC. The van der Waals surface area contributed by atoms with Crippen molar-refractivity contribution in [3.63, 3.8) is 0 Å². The van der Waals surface area contributed by atoms with Crippen molar-refractivity contribution in [3.8, 4) is 22.2 Å². The van der Waals surface area contributed by atoms with Gasteiger partial charge in [0.05, 0.1) is 29.6 Å². The molecule has 0 spiro atoms. The maximum Gasteiger partial charge on any atom is 0.173 e. The molecule has 0 saturated carbocycles. The summed E-state index contributed by atoms with van der Waals surface area (Å²) in [5, 5.41) is 7.06. The van der Waals surface area contributed by atoms with Gasteiger partial charge in [-0.2, -0.15) is 0 Å². The van der Waals surface area contributed by atoms with E-state index in [-0.39, 0.29) is 0 Å². The molecule has 0 fully saturated rings. The Hall–Kier alpha value is -2.83. The van der Waals surface area contributed by atoms with Crippen LogP contribution in [0, 0.1) is 0 Å². The van der Waals surface area contributed by atoms with E-state index in [1.54, 1.807) is 14.2 Å². The second-order valence-electron chi connectivity index (χ2n) is 6.38. The maximum absolute atomic E-state index is 6.30. The number of fused-ring (bicyclic) bond motifs is 1. The first-order chi connectivity index (χ1) is 14.2. The lowest BCUT2D eigenvalue weighted by atomic mass is 10.1. The number of halogens is 1. The molecule has 7 heteroatoms. The van der Waals surface area contributed by atoms with Crippen molar-refractivity contribution in [1.29, 1.82) is 0 Å². The van der Waals surface area contributed by atoms with Crippen LogP contribution in [0.5, 0.6) is 11.5 Å². The lowest BCUT2D eigenvalue weighted by molar-refractivity contribution is 0.354. The predicted octanol–water partition coefficient (Wildman–Crippen LogP) is 5.68. The van der Waals surface area contributed by atoms with Gasteiger partial charge in [-0.25, -0.2) is 9.97 Å². The van der Waals surface area contributed by atoms with E-state index in [9.17, 15) is 0 Å². The normalized spacial score (nSPS) is 10.9. The Bertz CT molecular complexity index is 1150. The van der Waals surface area contributed by atoms with E-state index in [1.807, 2.05) is 53.9 Å². The van der Waals surface area contributed by atoms with Crippen molar-refractivity contribution < 1.29 is 9.47 Å². The van der Waals surface area contributed by atoms with Gasteiger partial charge in [0.1, 0.15) is 5.82 Å². The van der Waals surface area contributed by atoms with E-state index in [0.29, 0.717) is 17.4 Å². The molecule has 1 N–H and O–H groups in total. The van der Waals surface area contributed by atoms with Crippen LogP contribution in [-0.2, 0) is 6.42 Å². The van der Waals surface area contributed by atoms with Gasteiger partial charge in [0.25, 0.3) is 0 Å². The summed E-state index contributed by atoms with van der Waals surface area (Å²) >= 11 is 7.84. The number of ether oxygens (including phenoxy) is 2. The smallest absolute Gasteiger partial charge is 0.173 e. The molecular weight excluding hydrogens is 406 g/mol. The number of methoxy groups -OCH3 is 2. The van der Waals surface area contributed by atoms with Crippen LogP contribution in [-0.4, -0.2) is 30.7 Å². The van der Waals surface area contributed by atoms with E-state index in [2.05, 4.69) is 5.32 Å². The Kier molecular flexibility index (Phi) is 5.83. The minimum Gasteiger partial charge on any atom is -0.493 e. The minimum atomic E-state index is 0.636. The summed E-state index contributed by atoms with van der Waals surface area (Å²) in [6, 6.07) is 15.8. The summed E-state index contributed by atoms with van der Waals surface area (Å²) in [4.78, 5) is 10.3. The van der Waals surface area contributed by atoms with Crippen molar-refractivity contribution in [2.24, 2.45) is 0 Å². The topological polar surface area (TPSA) is 56.3 Å². The van der Waals surface area contributed by atoms with Crippen molar-refractivity contribution in [2.45, 2.75) is 6.42 Å². The molecule has 0 amide bonds. The number of aromatic nitrogens is 2. The molecule has 0 bridgehead atoms. The monoisotopic (exact) mass is 425 g/mol. The number of anilines is 1. The first-order valence-corrected chi connectivity index (χ1v) is 10.4. The summed E-state index contributed by atoms with van der Waals surface area (Å²) in [5.41, 5.74) is 2.03. The summed E-state index contributed by atoms with van der Waals surface area (Å²) in [5.74, 6) is 2.89. The van der Waals surface area contributed by atoms with E-state index in [0.717, 1.165) is 45.1 Å². The third kappa shape index (κ3) is 4.13. The molecule has 5 nitrogen and oxygen atoms in total.